The standard InChI is InChI=1S/C20H22ClNO/c1-14(17-10-9-15-6-4-7-18(15)13-17)22-20(23)12-11-16-5-2-3-8-19(16)21/h2-3,5,8-10,13-14H,4,6-7,11-12H2,1H3,(H,22,23). The van der Waals surface area contributed by atoms with Crippen LogP contribution < -0.4 is 5.32 Å². The zero-order chi connectivity index (χ0) is 16.2. The molecule has 0 saturated heterocycles. The number of nitrogens with one attached hydrogen (secondary N) is 1. The topological polar surface area (TPSA) is 29.1 Å². The molecule has 0 aliphatic heterocycles. The second kappa shape index (κ2) is 7.18. The number of halogens is 1. The first kappa shape index (κ1) is 16.1. The molecule has 1 aliphatic rings. The van der Waals surface area contributed by atoms with Crippen molar-refractivity contribution >= 4 is 17.5 Å². The van der Waals surface area contributed by atoms with E-state index in [0.717, 1.165) is 17.0 Å². The van der Waals surface area contributed by atoms with Gasteiger partial charge in [-0.2, -0.15) is 0 Å². The molecule has 3 rings (SSSR count). The minimum atomic E-state index is 0.0413. The van der Waals surface area contributed by atoms with Gasteiger partial charge in [0.15, 0.2) is 0 Å². The fraction of sp³-hybridized carbons (Fsp3) is 0.350. The van der Waals surface area contributed by atoms with Crippen LogP contribution in [0.2, 0.25) is 5.02 Å². The maximum atomic E-state index is 12.2. The zero-order valence-corrected chi connectivity index (χ0v) is 14.2. The number of hydrogen-bond donors (Lipinski definition) is 1. The molecule has 0 heterocycles. The van der Waals surface area contributed by atoms with Crippen molar-refractivity contribution in [2.45, 2.75) is 45.1 Å². The Bertz CT molecular complexity index is 711. The van der Waals surface area contributed by atoms with E-state index in [1.807, 2.05) is 31.2 Å². The second-order valence-corrected chi connectivity index (χ2v) is 6.67. The van der Waals surface area contributed by atoms with Crippen LogP contribution in [0.3, 0.4) is 0 Å². The molecular formula is C20H22ClNO. The lowest BCUT2D eigenvalue weighted by Crippen LogP contribution is -2.26. The van der Waals surface area contributed by atoms with Crippen LogP contribution in [0.4, 0.5) is 0 Å². The SMILES string of the molecule is CC(NC(=O)CCc1ccccc1Cl)c1ccc2c(c1)CCC2. The average Bonchev–Trinajstić information content (AvgIpc) is 3.01. The molecule has 120 valence electrons. The van der Waals surface area contributed by atoms with E-state index in [1.165, 1.54) is 29.5 Å². The number of amides is 1. The summed E-state index contributed by atoms with van der Waals surface area (Å²) in [6.45, 7) is 2.05. The predicted octanol–water partition coefficient (Wildman–Crippen LogP) is 4.64. The Labute approximate surface area is 142 Å². The van der Waals surface area contributed by atoms with Gasteiger partial charge in [0, 0.05) is 11.4 Å². The summed E-state index contributed by atoms with van der Waals surface area (Å²) in [5, 5.41) is 3.82. The molecule has 0 aromatic heterocycles. The largest absolute Gasteiger partial charge is 0.350 e. The highest BCUT2D eigenvalue weighted by molar-refractivity contribution is 6.31. The van der Waals surface area contributed by atoms with Gasteiger partial charge in [0.05, 0.1) is 6.04 Å². The summed E-state index contributed by atoms with van der Waals surface area (Å²) in [6.07, 6.45) is 4.73. The summed E-state index contributed by atoms with van der Waals surface area (Å²) in [7, 11) is 0. The van der Waals surface area contributed by atoms with Gasteiger partial charge < -0.3 is 5.32 Å². The van der Waals surface area contributed by atoms with Crippen molar-refractivity contribution in [3.8, 4) is 0 Å². The minimum Gasteiger partial charge on any atom is -0.350 e. The number of rotatable bonds is 5. The Hall–Kier alpha value is -1.80. The maximum absolute atomic E-state index is 12.2. The number of hydrogen-bond acceptors (Lipinski definition) is 1. The fourth-order valence-corrected chi connectivity index (χ4v) is 3.44. The van der Waals surface area contributed by atoms with E-state index >= 15 is 0 Å². The predicted molar refractivity (Wildman–Crippen MR) is 94.8 cm³/mol. The number of carbonyl (C=O) groups is 1. The highest BCUT2D eigenvalue weighted by atomic mass is 35.5. The number of benzene rings is 2. The average molecular weight is 328 g/mol. The molecule has 1 aliphatic carbocycles. The Kier molecular flexibility index (Phi) is 5.02. The molecule has 2 nitrogen and oxygen atoms in total. The fourth-order valence-electron chi connectivity index (χ4n) is 3.21. The van der Waals surface area contributed by atoms with Crippen molar-refractivity contribution < 1.29 is 4.79 Å². The van der Waals surface area contributed by atoms with Crippen LogP contribution in [0.5, 0.6) is 0 Å². The van der Waals surface area contributed by atoms with Crippen molar-refractivity contribution in [2.24, 2.45) is 0 Å². The summed E-state index contributed by atoms with van der Waals surface area (Å²) in [6, 6.07) is 14.3. The summed E-state index contributed by atoms with van der Waals surface area (Å²) < 4.78 is 0. The van der Waals surface area contributed by atoms with Crippen molar-refractivity contribution in [1.82, 2.24) is 5.32 Å². The van der Waals surface area contributed by atoms with Crippen molar-refractivity contribution in [3.63, 3.8) is 0 Å². The molecule has 0 spiro atoms. The van der Waals surface area contributed by atoms with E-state index in [4.69, 9.17) is 11.6 Å². The lowest BCUT2D eigenvalue weighted by molar-refractivity contribution is -0.121. The van der Waals surface area contributed by atoms with Gasteiger partial charge in [0.1, 0.15) is 0 Å². The van der Waals surface area contributed by atoms with E-state index in [9.17, 15) is 4.79 Å². The van der Waals surface area contributed by atoms with Crippen molar-refractivity contribution in [2.75, 3.05) is 0 Å². The molecule has 23 heavy (non-hydrogen) atoms. The van der Waals surface area contributed by atoms with Crippen LogP contribution >= 0.6 is 11.6 Å². The Morgan fingerprint density at radius 2 is 1.96 bits per heavy atom. The molecule has 0 bridgehead atoms. The molecule has 0 saturated carbocycles. The Morgan fingerprint density at radius 3 is 2.78 bits per heavy atom. The summed E-state index contributed by atoms with van der Waals surface area (Å²) in [5.74, 6) is 0.0675. The van der Waals surface area contributed by atoms with Gasteiger partial charge >= 0.3 is 0 Å². The minimum absolute atomic E-state index is 0.0413. The lowest BCUT2D eigenvalue weighted by atomic mass is 10.0. The number of fused-ring (bicyclic) bond motifs is 1. The van der Waals surface area contributed by atoms with Gasteiger partial charge in [0.2, 0.25) is 5.91 Å². The first-order valence-electron chi connectivity index (χ1n) is 8.28. The normalized spacial score (nSPS) is 14.3. The first-order chi connectivity index (χ1) is 11.1. The second-order valence-electron chi connectivity index (χ2n) is 6.26. The third-order valence-electron chi connectivity index (χ3n) is 4.58. The highest BCUT2D eigenvalue weighted by Gasteiger charge is 2.15. The van der Waals surface area contributed by atoms with Gasteiger partial charge in [-0.1, -0.05) is 48.0 Å². The van der Waals surface area contributed by atoms with Gasteiger partial charge in [-0.05, 0) is 60.9 Å². The van der Waals surface area contributed by atoms with Gasteiger partial charge in [-0.25, -0.2) is 0 Å². The number of aryl methyl sites for hydroxylation is 3. The van der Waals surface area contributed by atoms with Crippen LogP contribution in [-0.4, -0.2) is 5.91 Å². The van der Waals surface area contributed by atoms with E-state index in [0.29, 0.717) is 12.8 Å². The van der Waals surface area contributed by atoms with Crippen LogP contribution in [-0.2, 0) is 24.1 Å². The monoisotopic (exact) mass is 327 g/mol. The lowest BCUT2D eigenvalue weighted by Gasteiger charge is -2.16. The molecule has 2 aromatic carbocycles. The van der Waals surface area contributed by atoms with Gasteiger partial charge in [-0.15, -0.1) is 0 Å². The maximum Gasteiger partial charge on any atom is 0.220 e. The third kappa shape index (κ3) is 3.94. The van der Waals surface area contributed by atoms with Gasteiger partial charge in [-0.3, -0.25) is 4.79 Å². The first-order valence-corrected chi connectivity index (χ1v) is 8.66. The third-order valence-corrected chi connectivity index (χ3v) is 4.95. The quantitative estimate of drug-likeness (QED) is 0.851. The van der Waals surface area contributed by atoms with Crippen LogP contribution in [0.1, 0.15) is 48.1 Å². The molecule has 1 unspecified atom stereocenters. The van der Waals surface area contributed by atoms with Crippen LogP contribution in [0.25, 0.3) is 0 Å². The van der Waals surface area contributed by atoms with Crippen molar-refractivity contribution in [1.29, 1.82) is 0 Å². The van der Waals surface area contributed by atoms with E-state index in [2.05, 4.69) is 23.5 Å². The smallest absolute Gasteiger partial charge is 0.220 e. The van der Waals surface area contributed by atoms with Crippen LogP contribution in [0.15, 0.2) is 42.5 Å². The molecule has 0 fully saturated rings. The van der Waals surface area contributed by atoms with E-state index in [1.54, 1.807) is 0 Å². The molecular weight excluding hydrogens is 306 g/mol. The molecule has 2 aromatic rings. The molecule has 1 amide bonds. The zero-order valence-electron chi connectivity index (χ0n) is 13.4. The summed E-state index contributed by atoms with van der Waals surface area (Å²) >= 11 is 6.13. The molecule has 1 atom stereocenters. The van der Waals surface area contributed by atoms with Gasteiger partial charge in [0.25, 0.3) is 0 Å². The number of carbonyl (C=O) groups excluding carboxylic acids is 1. The molecule has 3 heteroatoms. The molecule has 1 N–H and O–H groups in total. The summed E-state index contributed by atoms with van der Waals surface area (Å²) in [5.41, 5.74) is 5.12. The van der Waals surface area contributed by atoms with Crippen LogP contribution in [0, 0.1) is 0 Å². The Morgan fingerprint density at radius 1 is 1.17 bits per heavy atom. The molecule has 0 radical (unpaired) electrons. The highest BCUT2D eigenvalue weighted by Crippen LogP contribution is 2.25. The summed E-state index contributed by atoms with van der Waals surface area (Å²) in [4.78, 5) is 12.2. The van der Waals surface area contributed by atoms with E-state index in [-0.39, 0.29) is 11.9 Å². The van der Waals surface area contributed by atoms with E-state index < -0.39 is 0 Å². The van der Waals surface area contributed by atoms with Crippen molar-refractivity contribution in [3.05, 3.63) is 69.7 Å². The Balaban J connectivity index is 1.56.